The van der Waals surface area contributed by atoms with E-state index in [9.17, 15) is 0 Å². The van der Waals surface area contributed by atoms with Crippen molar-refractivity contribution in [2.45, 2.75) is 39.7 Å². The first kappa shape index (κ1) is 13.4. The summed E-state index contributed by atoms with van der Waals surface area (Å²) in [4.78, 5) is 0. The van der Waals surface area contributed by atoms with E-state index < -0.39 is 0 Å². The molecule has 17 heavy (non-hydrogen) atoms. The second kappa shape index (κ2) is 6.15. The van der Waals surface area contributed by atoms with Crippen molar-refractivity contribution in [2.75, 3.05) is 11.1 Å². The van der Waals surface area contributed by atoms with Crippen LogP contribution in [0.4, 0.5) is 11.4 Å². The average Bonchev–Trinajstić information content (AvgIpc) is 2.33. The number of hydrogen-bond donors (Lipinski definition) is 2. The number of para-hydroxylation sites is 1. The number of hydrogen-bond acceptors (Lipinski definition) is 3. The third kappa shape index (κ3) is 3.13. The Morgan fingerprint density at radius 1 is 1.35 bits per heavy atom. The molecule has 1 aromatic rings. The maximum atomic E-state index is 8.92. The van der Waals surface area contributed by atoms with Gasteiger partial charge < -0.3 is 11.1 Å². The SMILES string of the molecule is CCC(CC)C(C)Nc1cccc(C#N)c1N. The number of nitrogens with zero attached hydrogens (tertiary/aromatic N) is 1. The van der Waals surface area contributed by atoms with E-state index >= 15 is 0 Å². The topological polar surface area (TPSA) is 61.8 Å². The molecule has 0 fully saturated rings. The molecule has 3 nitrogen and oxygen atoms in total. The molecule has 0 aromatic heterocycles. The fraction of sp³-hybridized carbons (Fsp3) is 0.500. The van der Waals surface area contributed by atoms with Gasteiger partial charge in [0.15, 0.2) is 0 Å². The molecule has 3 N–H and O–H groups in total. The van der Waals surface area contributed by atoms with Gasteiger partial charge in [-0.2, -0.15) is 5.26 Å². The van der Waals surface area contributed by atoms with Gasteiger partial charge in [0, 0.05) is 6.04 Å². The summed E-state index contributed by atoms with van der Waals surface area (Å²) in [5.41, 5.74) is 7.89. The van der Waals surface area contributed by atoms with Gasteiger partial charge in [0.1, 0.15) is 6.07 Å². The second-order valence-corrected chi connectivity index (χ2v) is 4.39. The molecule has 0 aliphatic rings. The van der Waals surface area contributed by atoms with Crippen LogP contribution in [-0.4, -0.2) is 6.04 Å². The minimum atomic E-state index is 0.362. The summed E-state index contributed by atoms with van der Waals surface area (Å²) in [6, 6.07) is 7.99. The molecule has 1 unspecified atom stereocenters. The molecule has 0 heterocycles. The normalized spacial score (nSPS) is 12.2. The zero-order valence-electron chi connectivity index (χ0n) is 10.8. The summed E-state index contributed by atoms with van der Waals surface area (Å²) in [6.07, 6.45) is 2.28. The smallest absolute Gasteiger partial charge is 0.101 e. The van der Waals surface area contributed by atoms with Gasteiger partial charge in [0.2, 0.25) is 0 Å². The van der Waals surface area contributed by atoms with E-state index in [0.717, 1.165) is 18.5 Å². The van der Waals surface area contributed by atoms with Gasteiger partial charge in [-0.05, 0) is 25.0 Å². The summed E-state index contributed by atoms with van der Waals surface area (Å²) >= 11 is 0. The molecule has 0 aliphatic carbocycles. The lowest BCUT2D eigenvalue weighted by atomic mass is 9.95. The van der Waals surface area contributed by atoms with E-state index in [2.05, 4.69) is 32.2 Å². The fourth-order valence-electron chi connectivity index (χ4n) is 2.15. The van der Waals surface area contributed by atoms with Crippen LogP contribution in [0.5, 0.6) is 0 Å². The van der Waals surface area contributed by atoms with Gasteiger partial charge in [-0.1, -0.05) is 32.8 Å². The van der Waals surface area contributed by atoms with Crippen LogP contribution in [0.1, 0.15) is 39.2 Å². The molecule has 1 aromatic carbocycles. The number of rotatable bonds is 5. The molecule has 3 heteroatoms. The molecule has 0 amide bonds. The van der Waals surface area contributed by atoms with Gasteiger partial charge in [-0.15, -0.1) is 0 Å². The van der Waals surface area contributed by atoms with Gasteiger partial charge in [0.05, 0.1) is 16.9 Å². The van der Waals surface area contributed by atoms with Crippen molar-refractivity contribution >= 4 is 11.4 Å². The van der Waals surface area contributed by atoms with Crippen LogP contribution in [0.2, 0.25) is 0 Å². The van der Waals surface area contributed by atoms with Gasteiger partial charge in [0.25, 0.3) is 0 Å². The summed E-state index contributed by atoms with van der Waals surface area (Å²) < 4.78 is 0. The van der Waals surface area contributed by atoms with Crippen LogP contribution in [0, 0.1) is 17.2 Å². The first-order valence-corrected chi connectivity index (χ1v) is 6.19. The maximum Gasteiger partial charge on any atom is 0.101 e. The average molecular weight is 231 g/mol. The predicted octanol–water partition coefficient (Wildman–Crippen LogP) is 3.38. The Kier molecular flexibility index (Phi) is 4.84. The summed E-state index contributed by atoms with van der Waals surface area (Å²) in [5.74, 6) is 0.625. The van der Waals surface area contributed by atoms with Crippen LogP contribution >= 0.6 is 0 Å². The lowest BCUT2D eigenvalue weighted by molar-refractivity contribution is 0.438. The Labute approximate surface area is 104 Å². The van der Waals surface area contributed by atoms with Crippen molar-refractivity contribution in [1.82, 2.24) is 0 Å². The lowest BCUT2D eigenvalue weighted by Gasteiger charge is -2.24. The summed E-state index contributed by atoms with van der Waals surface area (Å²) in [5, 5.41) is 12.3. The third-order valence-corrected chi connectivity index (χ3v) is 3.37. The number of nitrogens with two attached hydrogens (primary N) is 1. The van der Waals surface area contributed by atoms with E-state index in [1.807, 2.05) is 12.1 Å². The Bertz CT molecular complexity index is 402. The van der Waals surface area contributed by atoms with Crippen molar-refractivity contribution in [3.05, 3.63) is 23.8 Å². The molecule has 0 spiro atoms. The van der Waals surface area contributed by atoms with Crippen molar-refractivity contribution in [3.63, 3.8) is 0 Å². The summed E-state index contributed by atoms with van der Waals surface area (Å²) in [7, 11) is 0. The highest BCUT2D eigenvalue weighted by atomic mass is 14.9. The van der Waals surface area contributed by atoms with E-state index in [1.165, 1.54) is 0 Å². The van der Waals surface area contributed by atoms with Gasteiger partial charge in [-0.25, -0.2) is 0 Å². The summed E-state index contributed by atoms with van der Waals surface area (Å²) in [6.45, 7) is 6.55. The number of nitrogens with one attached hydrogen (secondary N) is 1. The molecular formula is C14H21N3. The van der Waals surface area contributed by atoms with Crippen molar-refractivity contribution in [2.24, 2.45) is 5.92 Å². The highest BCUT2D eigenvalue weighted by Crippen LogP contribution is 2.25. The Hall–Kier alpha value is -1.69. The first-order chi connectivity index (χ1) is 8.13. The minimum Gasteiger partial charge on any atom is -0.396 e. The Balaban J connectivity index is 2.85. The Morgan fingerprint density at radius 2 is 2.00 bits per heavy atom. The number of benzene rings is 1. The number of nitrogen functional groups attached to an aromatic ring is 1. The van der Waals surface area contributed by atoms with Crippen molar-refractivity contribution in [3.8, 4) is 6.07 Å². The molecule has 92 valence electrons. The van der Waals surface area contributed by atoms with Crippen LogP contribution in [-0.2, 0) is 0 Å². The van der Waals surface area contributed by atoms with Gasteiger partial charge in [-0.3, -0.25) is 0 Å². The molecule has 1 atom stereocenters. The molecule has 0 aliphatic heterocycles. The molecule has 0 radical (unpaired) electrons. The van der Waals surface area contributed by atoms with Crippen LogP contribution in [0.25, 0.3) is 0 Å². The molecular weight excluding hydrogens is 210 g/mol. The maximum absolute atomic E-state index is 8.92. The minimum absolute atomic E-state index is 0.362. The van der Waals surface area contributed by atoms with Crippen molar-refractivity contribution < 1.29 is 0 Å². The molecule has 0 saturated carbocycles. The molecule has 0 saturated heterocycles. The lowest BCUT2D eigenvalue weighted by Crippen LogP contribution is -2.25. The largest absolute Gasteiger partial charge is 0.396 e. The highest BCUT2D eigenvalue weighted by molar-refractivity contribution is 5.73. The second-order valence-electron chi connectivity index (χ2n) is 4.39. The van der Waals surface area contributed by atoms with Crippen LogP contribution in [0.15, 0.2) is 18.2 Å². The number of anilines is 2. The van der Waals surface area contributed by atoms with E-state index in [-0.39, 0.29) is 0 Å². The van der Waals surface area contributed by atoms with E-state index in [1.54, 1.807) is 6.07 Å². The van der Waals surface area contributed by atoms with Crippen molar-refractivity contribution in [1.29, 1.82) is 5.26 Å². The Morgan fingerprint density at radius 3 is 2.53 bits per heavy atom. The molecule has 1 rings (SSSR count). The third-order valence-electron chi connectivity index (χ3n) is 3.37. The quantitative estimate of drug-likeness (QED) is 0.764. The standard InChI is InChI=1S/C14H21N3/c1-4-11(5-2)10(3)17-13-8-6-7-12(9-15)14(13)16/h6-8,10-11,17H,4-5,16H2,1-3H3. The number of nitriles is 1. The highest BCUT2D eigenvalue weighted by Gasteiger charge is 2.14. The van der Waals surface area contributed by atoms with E-state index in [0.29, 0.717) is 23.2 Å². The molecule has 0 bridgehead atoms. The fourth-order valence-corrected chi connectivity index (χ4v) is 2.15. The first-order valence-electron chi connectivity index (χ1n) is 6.19. The van der Waals surface area contributed by atoms with Crippen LogP contribution < -0.4 is 11.1 Å². The predicted molar refractivity (Wildman–Crippen MR) is 72.7 cm³/mol. The van der Waals surface area contributed by atoms with Crippen LogP contribution in [0.3, 0.4) is 0 Å². The zero-order chi connectivity index (χ0) is 12.8. The van der Waals surface area contributed by atoms with Gasteiger partial charge >= 0.3 is 0 Å². The zero-order valence-corrected chi connectivity index (χ0v) is 10.8. The van der Waals surface area contributed by atoms with E-state index in [4.69, 9.17) is 11.0 Å². The monoisotopic (exact) mass is 231 g/mol.